The summed E-state index contributed by atoms with van der Waals surface area (Å²) in [5, 5.41) is 0.665. The van der Waals surface area contributed by atoms with Gasteiger partial charge < -0.3 is 14.9 Å². The molecule has 1 heterocycles. The minimum absolute atomic E-state index is 0.402. The van der Waals surface area contributed by atoms with Crippen molar-refractivity contribution in [1.82, 2.24) is 0 Å². The lowest BCUT2D eigenvalue weighted by Gasteiger charge is -2.10. The summed E-state index contributed by atoms with van der Waals surface area (Å²) in [7, 11) is 0. The van der Waals surface area contributed by atoms with Gasteiger partial charge in [-0.05, 0) is 38.1 Å². The van der Waals surface area contributed by atoms with Crippen LogP contribution < -0.4 is 10.5 Å². The molecule has 0 amide bonds. The normalized spacial score (nSPS) is 10.7. The van der Waals surface area contributed by atoms with Crippen molar-refractivity contribution in [2.45, 2.75) is 27.0 Å². The van der Waals surface area contributed by atoms with Gasteiger partial charge in [-0.15, -0.1) is 0 Å². The third-order valence-corrected chi connectivity index (χ3v) is 3.00. The van der Waals surface area contributed by atoms with Gasteiger partial charge in [0.2, 0.25) is 0 Å². The van der Waals surface area contributed by atoms with Crippen LogP contribution in [0.2, 0.25) is 5.02 Å². The van der Waals surface area contributed by atoms with Crippen LogP contribution in [0.25, 0.3) is 0 Å². The number of furan rings is 1. The zero-order chi connectivity index (χ0) is 13.1. The van der Waals surface area contributed by atoms with E-state index in [1.54, 1.807) is 6.07 Å². The molecule has 1 aromatic heterocycles. The van der Waals surface area contributed by atoms with Gasteiger partial charge in [-0.25, -0.2) is 0 Å². The molecular formula is C14H16ClNO2. The van der Waals surface area contributed by atoms with E-state index in [1.165, 1.54) is 0 Å². The molecule has 2 aromatic rings. The average Bonchev–Trinajstić information content (AvgIpc) is 2.66. The SMILES string of the molecule is Cc1cc(COc2ccc(Cl)cc2CN)c(C)o1. The third kappa shape index (κ3) is 2.86. The lowest BCUT2D eigenvalue weighted by atomic mass is 10.2. The maximum absolute atomic E-state index is 5.92. The Morgan fingerprint density at radius 1 is 1.22 bits per heavy atom. The van der Waals surface area contributed by atoms with Crippen molar-refractivity contribution in [1.29, 1.82) is 0 Å². The lowest BCUT2D eigenvalue weighted by molar-refractivity contribution is 0.300. The Morgan fingerprint density at radius 3 is 2.61 bits per heavy atom. The van der Waals surface area contributed by atoms with Gasteiger partial charge in [-0.3, -0.25) is 0 Å². The molecule has 0 fully saturated rings. The van der Waals surface area contributed by atoms with Gasteiger partial charge in [-0.1, -0.05) is 11.6 Å². The van der Waals surface area contributed by atoms with Gasteiger partial charge in [0.05, 0.1) is 0 Å². The highest BCUT2D eigenvalue weighted by Crippen LogP contribution is 2.24. The molecule has 0 saturated carbocycles. The van der Waals surface area contributed by atoms with Crippen LogP contribution in [0.4, 0.5) is 0 Å². The van der Waals surface area contributed by atoms with E-state index in [2.05, 4.69) is 0 Å². The first-order valence-corrected chi connectivity index (χ1v) is 6.15. The summed E-state index contributed by atoms with van der Waals surface area (Å²) in [6.45, 7) is 4.72. The van der Waals surface area contributed by atoms with E-state index in [0.29, 0.717) is 18.2 Å². The highest BCUT2D eigenvalue weighted by molar-refractivity contribution is 6.30. The zero-order valence-electron chi connectivity index (χ0n) is 10.5. The smallest absolute Gasteiger partial charge is 0.124 e. The standard InChI is InChI=1S/C14H16ClNO2/c1-9-5-12(10(2)18-9)8-17-14-4-3-13(15)6-11(14)7-16/h3-6H,7-8,16H2,1-2H3. The van der Waals surface area contributed by atoms with Gasteiger partial charge in [-0.2, -0.15) is 0 Å². The summed E-state index contributed by atoms with van der Waals surface area (Å²) >= 11 is 5.92. The molecule has 4 heteroatoms. The average molecular weight is 266 g/mol. The molecule has 0 aliphatic heterocycles. The summed E-state index contributed by atoms with van der Waals surface area (Å²) < 4.78 is 11.2. The van der Waals surface area contributed by atoms with E-state index in [1.807, 2.05) is 32.0 Å². The monoisotopic (exact) mass is 265 g/mol. The molecule has 1 aromatic carbocycles. The summed E-state index contributed by atoms with van der Waals surface area (Å²) in [4.78, 5) is 0. The number of hydrogen-bond donors (Lipinski definition) is 1. The van der Waals surface area contributed by atoms with Gasteiger partial charge in [0, 0.05) is 22.7 Å². The molecule has 2 N–H and O–H groups in total. The second-order valence-electron chi connectivity index (χ2n) is 4.18. The van der Waals surface area contributed by atoms with Crippen LogP contribution in [0.3, 0.4) is 0 Å². The van der Waals surface area contributed by atoms with Crippen molar-refractivity contribution in [3.05, 3.63) is 51.9 Å². The van der Waals surface area contributed by atoms with E-state index in [-0.39, 0.29) is 0 Å². The molecule has 0 saturated heterocycles. The lowest BCUT2D eigenvalue weighted by Crippen LogP contribution is -2.02. The number of ether oxygens (including phenoxy) is 1. The van der Waals surface area contributed by atoms with Crippen molar-refractivity contribution >= 4 is 11.6 Å². The molecule has 0 unspecified atom stereocenters. The number of halogens is 1. The molecule has 2 rings (SSSR count). The number of rotatable bonds is 4. The van der Waals surface area contributed by atoms with Crippen LogP contribution in [-0.2, 0) is 13.2 Å². The van der Waals surface area contributed by atoms with E-state index in [4.69, 9.17) is 26.5 Å². The van der Waals surface area contributed by atoms with Crippen LogP contribution in [0.1, 0.15) is 22.6 Å². The Balaban J connectivity index is 2.13. The van der Waals surface area contributed by atoms with Crippen molar-refractivity contribution in [2.75, 3.05) is 0 Å². The second-order valence-corrected chi connectivity index (χ2v) is 4.62. The molecule has 0 aliphatic carbocycles. The molecule has 0 aliphatic rings. The third-order valence-electron chi connectivity index (χ3n) is 2.77. The van der Waals surface area contributed by atoms with Crippen LogP contribution in [0.5, 0.6) is 5.75 Å². The molecule has 96 valence electrons. The van der Waals surface area contributed by atoms with Gasteiger partial charge in [0.1, 0.15) is 23.9 Å². The highest BCUT2D eigenvalue weighted by atomic mass is 35.5. The topological polar surface area (TPSA) is 48.4 Å². The van der Waals surface area contributed by atoms with E-state index < -0.39 is 0 Å². The van der Waals surface area contributed by atoms with Crippen molar-refractivity contribution in [3.63, 3.8) is 0 Å². The number of hydrogen-bond acceptors (Lipinski definition) is 3. The maximum Gasteiger partial charge on any atom is 0.124 e. The highest BCUT2D eigenvalue weighted by Gasteiger charge is 2.08. The Morgan fingerprint density at radius 2 is 2.00 bits per heavy atom. The summed E-state index contributed by atoms with van der Waals surface area (Å²) in [6, 6.07) is 7.44. The van der Waals surface area contributed by atoms with Crippen LogP contribution >= 0.6 is 11.6 Å². The predicted octanol–water partition coefficient (Wildman–Crippen LogP) is 3.59. The number of nitrogens with two attached hydrogens (primary N) is 1. The largest absolute Gasteiger partial charge is 0.488 e. The molecule has 0 atom stereocenters. The molecule has 0 bridgehead atoms. The van der Waals surface area contributed by atoms with E-state index in [0.717, 1.165) is 28.4 Å². The summed E-state index contributed by atoms with van der Waals surface area (Å²) in [6.07, 6.45) is 0. The molecule has 3 nitrogen and oxygen atoms in total. The molecule has 0 spiro atoms. The fourth-order valence-corrected chi connectivity index (χ4v) is 2.03. The maximum atomic E-state index is 5.92. The minimum atomic E-state index is 0.402. The second kappa shape index (κ2) is 5.46. The fraction of sp³-hybridized carbons (Fsp3) is 0.286. The van der Waals surface area contributed by atoms with Crippen LogP contribution in [-0.4, -0.2) is 0 Å². The zero-order valence-corrected chi connectivity index (χ0v) is 11.3. The van der Waals surface area contributed by atoms with Crippen LogP contribution in [0.15, 0.2) is 28.7 Å². The Bertz CT molecular complexity index is 549. The van der Waals surface area contributed by atoms with Gasteiger partial charge >= 0.3 is 0 Å². The minimum Gasteiger partial charge on any atom is -0.488 e. The van der Waals surface area contributed by atoms with Crippen molar-refractivity contribution in [2.24, 2.45) is 5.73 Å². The number of aryl methyl sites for hydroxylation is 2. The Hall–Kier alpha value is -1.45. The quantitative estimate of drug-likeness (QED) is 0.919. The van der Waals surface area contributed by atoms with Crippen LogP contribution in [0, 0.1) is 13.8 Å². The first kappa shape index (κ1) is 13.0. The molecular weight excluding hydrogens is 250 g/mol. The van der Waals surface area contributed by atoms with Crippen molar-refractivity contribution < 1.29 is 9.15 Å². The first-order valence-electron chi connectivity index (χ1n) is 5.77. The summed E-state index contributed by atoms with van der Waals surface area (Å²) in [5.74, 6) is 2.54. The first-order chi connectivity index (χ1) is 8.60. The number of benzene rings is 1. The Labute approximate surface area is 111 Å². The van der Waals surface area contributed by atoms with E-state index in [9.17, 15) is 0 Å². The predicted molar refractivity (Wildman–Crippen MR) is 71.9 cm³/mol. The van der Waals surface area contributed by atoms with E-state index >= 15 is 0 Å². The van der Waals surface area contributed by atoms with Gasteiger partial charge in [0.15, 0.2) is 0 Å². The molecule has 0 radical (unpaired) electrons. The van der Waals surface area contributed by atoms with Gasteiger partial charge in [0.25, 0.3) is 0 Å². The molecule has 18 heavy (non-hydrogen) atoms. The van der Waals surface area contributed by atoms with Crippen molar-refractivity contribution in [3.8, 4) is 5.75 Å². The summed E-state index contributed by atoms with van der Waals surface area (Å²) in [5.41, 5.74) is 7.62. The Kier molecular flexibility index (Phi) is 3.94. The fourth-order valence-electron chi connectivity index (χ4n) is 1.83.